The summed E-state index contributed by atoms with van der Waals surface area (Å²) in [6.45, 7) is 4.14. The van der Waals surface area contributed by atoms with E-state index < -0.39 is 12.0 Å². The predicted molar refractivity (Wildman–Crippen MR) is 82.0 cm³/mol. The van der Waals surface area contributed by atoms with Crippen LogP contribution in [-0.4, -0.2) is 31.3 Å². The maximum atomic E-state index is 10.9. The van der Waals surface area contributed by atoms with Crippen molar-refractivity contribution < 1.29 is 19.4 Å². The van der Waals surface area contributed by atoms with Crippen LogP contribution >= 0.6 is 0 Å². The van der Waals surface area contributed by atoms with Gasteiger partial charge in [-0.25, -0.2) is 0 Å². The molecule has 0 aliphatic carbocycles. The minimum atomic E-state index is -0.951. The number of rotatable bonds is 8. The number of carbonyl (C=O) groups is 1. The molecule has 118 valence electrons. The maximum absolute atomic E-state index is 10.9. The summed E-state index contributed by atoms with van der Waals surface area (Å²) in [6.07, 6.45) is 1.33. The van der Waals surface area contributed by atoms with Gasteiger partial charge in [0.05, 0.1) is 14.2 Å². The topological polar surface area (TPSA) is 81.8 Å². The summed E-state index contributed by atoms with van der Waals surface area (Å²) in [6, 6.07) is 4.98. The smallest absolute Gasteiger partial charge is 0.320 e. The molecule has 1 aromatic rings. The van der Waals surface area contributed by atoms with Crippen molar-refractivity contribution in [3.05, 3.63) is 23.8 Å². The zero-order valence-electron chi connectivity index (χ0n) is 13.1. The molecule has 0 aromatic heterocycles. The fourth-order valence-corrected chi connectivity index (χ4v) is 2.56. The number of hydrogen-bond acceptors (Lipinski definition) is 4. The molecular formula is C16H25NO4. The van der Waals surface area contributed by atoms with Gasteiger partial charge in [0, 0.05) is 0 Å². The van der Waals surface area contributed by atoms with Crippen LogP contribution in [0.15, 0.2) is 18.2 Å². The third-order valence-corrected chi connectivity index (χ3v) is 4.04. The summed E-state index contributed by atoms with van der Waals surface area (Å²) in [5, 5.41) is 8.97. The standard InChI is InChI=1S/C16H25NO4/c1-5-11(8-13(17)16(18)19)10(2)12-6-7-14(20-3)15(9-12)21-4/h6-7,9-11,13H,5,8,17H2,1-4H3,(H,18,19). The van der Waals surface area contributed by atoms with Crippen LogP contribution in [0.3, 0.4) is 0 Å². The largest absolute Gasteiger partial charge is 0.493 e. The highest BCUT2D eigenvalue weighted by Gasteiger charge is 2.24. The Balaban J connectivity index is 2.94. The highest BCUT2D eigenvalue weighted by atomic mass is 16.5. The molecule has 5 nitrogen and oxygen atoms in total. The molecule has 0 saturated carbocycles. The molecule has 0 saturated heterocycles. The lowest BCUT2D eigenvalue weighted by Crippen LogP contribution is -2.33. The lowest BCUT2D eigenvalue weighted by Gasteiger charge is -2.25. The molecule has 0 aliphatic rings. The molecule has 3 unspecified atom stereocenters. The number of hydrogen-bond donors (Lipinski definition) is 2. The Kier molecular flexibility index (Phi) is 6.49. The first kappa shape index (κ1) is 17.3. The second-order valence-electron chi connectivity index (χ2n) is 5.25. The van der Waals surface area contributed by atoms with Gasteiger partial charge >= 0.3 is 5.97 Å². The van der Waals surface area contributed by atoms with Crippen molar-refractivity contribution in [3.63, 3.8) is 0 Å². The number of aliphatic carboxylic acids is 1. The predicted octanol–water partition coefficient (Wildman–Crippen LogP) is 2.64. The van der Waals surface area contributed by atoms with Crippen molar-refractivity contribution >= 4 is 5.97 Å². The summed E-state index contributed by atoms with van der Waals surface area (Å²) in [5.41, 5.74) is 6.76. The molecule has 21 heavy (non-hydrogen) atoms. The van der Waals surface area contributed by atoms with E-state index in [-0.39, 0.29) is 11.8 Å². The normalized spacial score (nSPS) is 15.1. The average molecular weight is 295 g/mol. The number of methoxy groups -OCH3 is 2. The van der Waals surface area contributed by atoms with E-state index in [0.717, 1.165) is 12.0 Å². The fraction of sp³-hybridized carbons (Fsp3) is 0.562. The Morgan fingerprint density at radius 3 is 2.38 bits per heavy atom. The summed E-state index contributed by atoms with van der Waals surface area (Å²) >= 11 is 0. The van der Waals surface area contributed by atoms with Crippen LogP contribution in [0.1, 0.15) is 38.2 Å². The van der Waals surface area contributed by atoms with Crippen LogP contribution < -0.4 is 15.2 Å². The van der Waals surface area contributed by atoms with Crippen LogP contribution in [0, 0.1) is 5.92 Å². The first-order chi connectivity index (χ1) is 9.94. The number of benzene rings is 1. The van der Waals surface area contributed by atoms with E-state index in [4.69, 9.17) is 20.3 Å². The first-order valence-corrected chi connectivity index (χ1v) is 7.14. The van der Waals surface area contributed by atoms with Crippen LogP contribution in [-0.2, 0) is 4.79 Å². The third kappa shape index (κ3) is 4.36. The van der Waals surface area contributed by atoms with E-state index >= 15 is 0 Å². The van der Waals surface area contributed by atoms with Gasteiger partial charge in [0.25, 0.3) is 0 Å². The van der Waals surface area contributed by atoms with Gasteiger partial charge in [-0.15, -0.1) is 0 Å². The van der Waals surface area contributed by atoms with Gasteiger partial charge in [-0.1, -0.05) is 26.3 Å². The zero-order chi connectivity index (χ0) is 16.0. The Hall–Kier alpha value is -1.75. The van der Waals surface area contributed by atoms with Crippen LogP contribution in [0.5, 0.6) is 11.5 Å². The van der Waals surface area contributed by atoms with Crippen LogP contribution in [0.4, 0.5) is 0 Å². The van der Waals surface area contributed by atoms with Gasteiger partial charge in [-0.3, -0.25) is 4.79 Å². The van der Waals surface area contributed by atoms with E-state index in [1.165, 1.54) is 0 Å². The molecule has 0 fully saturated rings. The van der Waals surface area contributed by atoms with Crippen molar-refractivity contribution in [3.8, 4) is 11.5 Å². The average Bonchev–Trinajstić information content (AvgIpc) is 2.50. The Morgan fingerprint density at radius 2 is 1.90 bits per heavy atom. The maximum Gasteiger partial charge on any atom is 0.320 e. The summed E-state index contributed by atoms with van der Waals surface area (Å²) in [5.74, 6) is 0.811. The van der Waals surface area contributed by atoms with Crippen molar-refractivity contribution in [2.24, 2.45) is 11.7 Å². The van der Waals surface area contributed by atoms with Crippen molar-refractivity contribution in [2.45, 2.75) is 38.6 Å². The molecule has 1 aromatic carbocycles. The molecule has 1 rings (SSSR count). The highest BCUT2D eigenvalue weighted by Crippen LogP contribution is 2.35. The Bertz CT molecular complexity index is 475. The number of ether oxygens (including phenoxy) is 2. The Labute approximate surface area is 126 Å². The van der Waals surface area contributed by atoms with E-state index in [1.54, 1.807) is 14.2 Å². The molecule has 3 N–H and O–H groups in total. The summed E-state index contributed by atoms with van der Waals surface area (Å²) in [7, 11) is 3.20. The molecule has 0 heterocycles. The molecule has 0 aliphatic heterocycles. The Morgan fingerprint density at radius 1 is 1.29 bits per heavy atom. The monoisotopic (exact) mass is 295 g/mol. The van der Waals surface area contributed by atoms with Gasteiger partial charge in [0.2, 0.25) is 0 Å². The number of carboxylic acid groups (broad SMARTS) is 1. The molecule has 0 radical (unpaired) electrons. The minimum absolute atomic E-state index is 0.195. The quantitative estimate of drug-likeness (QED) is 0.770. The molecule has 0 bridgehead atoms. The minimum Gasteiger partial charge on any atom is -0.493 e. The van der Waals surface area contributed by atoms with E-state index in [9.17, 15) is 4.79 Å². The molecule has 0 spiro atoms. The number of carboxylic acids is 1. The second-order valence-corrected chi connectivity index (χ2v) is 5.25. The van der Waals surface area contributed by atoms with E-state index in [2.05, 4.69) is 13.8 Å². The summed E-state index contributed by atoms with van der Waals surface area (Å²) < 4.78 is 10.5. The van der Waals surface area contributed by atoms with Crippen molar-refractivity contribution in [1.29, 1.82) is 0 Å². The van der Waals surface area contributed by atoms with Gasteiger partial charge in [-0.2, -0.15) is 0 Å². The lowest BCUT2D eigenvalue weighted by atomic mass is 9.82. The van der Waals surface area contributed by atoms with Gasteiger partial charge in [0.1, 0.15) is 6.04 Å². The van der Waals surface area contributed by atoms with Gasteiger partial charge in [0.15, 0.2) is 11.5 Å². The highest BCUT2D eigenvalue weighted by molar-refractivity contribution is 5.73. The van der Waals surface area contributed by atoms with Crippen LogP contribution in [0.25, 0.3) is 0 Å². The van der Waals surface area contributed by atoms with Gasteiger partial charge in [-0.05, 0) is 36.0 Å². The van der Waals surface area contributed by atoms with E-state index in [0.29, 0.717) is 17.9 Å². The lowest BCUT2D eigenvalue weighted by molar-refractivity contribution is -0.139. The van der Waals surface area contributed by atoms with Crippen LogP contribution in [0.2, 0.25) is 0 Å². The van der Waals surface area contributed by atoms with Crippen molar-refractivity contribution in [2.75, 3.05) is 14.2 Å². The molecule has 3 atom stereocenters. The molecule has 5 heteroatoms. The molecule has 0 amide bonds. The van der Waals surface area contributed by atoms with Crippen molar-refractivity contribution in [1.82, 2.24) is 0 Å². The van der Waals surface area contributed by atoms with E-state index in [1.807, 2.05) is 18.2 Å². The molecular weight excluding hydrogens is 270 g/mol. The van der Waals surface area contributed by atoms with Gasteiger partial charge < -0.3 is 20.3 Å². The SMILES string of the molecule is CCC(CC(N)C(=O)O)C(C)c1ccc(OC)c(OC)c1. The second kappa shape index (κ2) is 7.88. The zero-order valence-corrected chi connectivity index (χ0v) is 13.1. The first-order valence-electron chi connectivity index (χ1n) is 7.14. The summed E-state index contributed by atoms with van der Waals surface area (Å²) in [4.78, 5) is 10.9. The number of nitrogens with two attached hydrogens (primary N) is 1. The third-order valence-electron chi connectivity index (χ3n) is 4.04. The fourth-order valence-electron chi connectivity index (χ4n) is 2.56.